The molecule has 1 N–H and O–H groups in total. The Morgan fingerprint density at radius 1 is 0.731 bits per heavy atom. The van der Waals surface area contributed by atoms with Gasteiger partial charge in [0, 0.05) is 30.9 Å². The van der Waals surface area contributed by atoms with E-state index < -0.39 is 0 Å². The molecule has 4 heterocycles. The molecule has 4 aromatic rings. The molecule has 0 saturated carbocycles. The second-order valence-corrected chi connectivity index (χ2v) is 5.12. The van der Waals surface area contributed by atoms with Crippen molar-refractivity contribution < 1.29 is 0 Å². The Balaban J connectivity index is 0.000000151. The lowest BCUT2D eigenvalue weighted by Gasteiger charge is -1.96. The van der Waals surface area contributed by atoms with Crippen LogP contribution < -0.4 is 5.56 Å². The summed E-state index contributed by atoms with van der Waals surface area (Å²) in [6.45, 7) is 0. The average Bonchev–Trinajstić information content (AvgIpc) is 2.71. The quantitative estimate of drug-likeness (QED) is 0.569. The number of rotatable bonds is 2. The Morgan fingerprint density at radius 2 is 1.38 bits per heavy atom. The lowest BCUT2D eigenvalue weighted by atomic mass is 10.3. The predicted octanol–water partition coefficient (Wildman–Crippen LogP) is 1.81. The van der Waals surface area contributed by atoms with Crippen LogP contribution in [0.25, 0.3) is 22.8 Å². The minimum Gasteiger partial charge on any atom is -0.268 e. The van der Waals surface area contributed by atoms with Crippen LogP contribution in [0.5, 0.6) is 0 Å². The maximum absolute atomic E-state index is 10.7. The maximum Gasteiger partial charge on any atom is 0.264 e. The van der Waals surface area contributed by atoms with Crippen molar-refractivity contribution in [1.82, 2.24) is 40.3 Å². The Bertz CT molecular complexity index is 989. The van der Waals surface area contributed by atoms with Crippen LogP contribution in [0.2, 0.25) is 5.15 Å². The highest BCUT2D eigenvalue weighted by Gasteiger charge is 2.00. The lowest BCUT2D eigenvalue weighted by molar-refractivity contribution is 0.985. The zero-order chi connectivity index (χ0) is 18.2. The van der Waals surface area contributed by atoms with E-state index >= 15 is 0 Å². The lowest BCUT2D eigenvalue weighted by Crippen LogP contribution is -2.05. The third kappa shape index (κ3) is 4.71. The van der Waals surface area contributed by atoms with E-state index in [1.807, 2.05) is 0 Å². The van der Waals surface area contributed by atoms with Gasteiger partial charge in [-0.3, -0.25) is 24.7 Å². The Kier molecular flexibility index (Phi) is 5.63. The SMILES string of the molecule is Clc1ccc(-c2cnccn2)nn1.O=c1ccc(-c2cnccn2)n[nH]1. The number of hydrogen-bond acceptors (Lipinski definition) is 8. The normalized spacial score (nSPS) is 9.88. The van der Waals surface area contributed by atoms with Crippen LogP contribution in [0.15, 0.2) is 66.2 Å². The van der Waals surface area contributed by atoms with Crippen LogP contribution in [0.4, 0.5) is 0 Å². The van der Waals surface area contributed by atoms with Gasteiger partial charge in [-0.1, -0.05) is 11.6 Å². The van der Waals surface area contributed by atoms with Crippen molar-refractivity contribution in [3.63, 3.8) is 0 Å². The molecule has 0 spiro atoms. The number of H-pyrrole nitrogens is 1. The minimum absolute atomic E-state index is 0.229. The van der Waals surface area contributed by atoms with Crippen LogP contribution in [0.1, 0.15) is 0 Å². The third-order valence-corrected chi connectivity index (χ3v) is 3.16. The van der Waals surface area contributed by atoms with Gasteiger partial charge in [-0.25, -0.2) is 5.10 Å². The number of aromatic amines is 1. The van der Waals surface area contributed by atoms with E-state index in [9.17, 15) is 4.79 Å². The number of aromatic nitrogens is 8. The Morgan fingerprint density at radius 3 is 1.88 bits per heavy atom. The van der Waals surface area contributed by atoms with Crippen LogP contribution in [0.3, 0.4) is 0 Å². The highest BCUT2D eigenvalue weighted by Crippen LogP contribution is 2.12. The van der Waals surface area contributed by atoms with Crippen molar-refractivity contribution >= 4 is 11.6 Å². The van der Waals surface area contributed by atoms with Gasteiger partial charge in [0.1, 0.15) is 22.8 Å². The van der Waals surface area contributed by atoms with Crippen LogP contribution in [-0.4, -0.2) is 40.3 Å². The van der Waals surface area contributed by atoms with Crippen molar-refractivity contribution in [3.05, 3.63) is 77.0 Å². The van der Waals surface area contributed by atoms with Gasteiger partial charge in [-0.15, -0.1) is 10.2 Å². The standard InChI is InChI=1S/C8H5ClN4.C8H6N4O/c9-8-2-1-6(12-13-8)7-5-10-3-4-11-7;13-8-2-1-6(11-12-8)7-5-9-3-4-10-7/h1-5H;1-5H,(H,12,13). The fraction of sp³-hybridized carbons (Fsp3) is 0. The molecule has 0 fully saturated rings. The van der Waals surface area contributed by atoms with Gasteiger partial charge in [-0.05, 0) is 18.2 Å². The fourth-order valence-electron chi connectivity index (χ4n) is 1.80. The molecule has 0 atom stereocenters. The first kappa shape index (κ1) is 17.2. The molecule has 0 aliphatic rings. The summed E-state index contributed by atoms with van der Waals surface area (Å²) < 4.78 is 0. The summed E-state index contributed by atoms with van der Waals surface area (Å²) in [5, 5.41) is 14.1. The topological polar surface area (TPSA) is 123 Å². The molecule has 0 aliphatic carbocycles. The molecule has 0 unspecified atom stereocenters. The molecule has 4 rings (SSSR count). The van der Waals surface area contributed by atoms with Crippen LogP contribution in [-0.2, 0) is 0 Å². The molecule has 4 aromatic heterocycles. The molecule has 0 radical (unpaired) electrons. The monoisotopic (exact) mass is 366 g/mol. The molecule has 26 heavy (non-hydrogen) atoms. The van der Waals surface area contributed by atoms with E-state index in [-0.39, 0.29) is 5.56 Å². The zero-order valence-electron chi connectivity index (χ0n) is 13.2. The van der Waals surface area contributed by atoms with Crippen molar-refractivity contribution in [2.75, 3.05) is 0 Å². The number of halogens is 1. The molecule has 0 saturated heterocycles. The number of nitrogens with zero attached hydrogens (tertiary/aromatic N) is 7. The van der Waals surface area contributed by atoms with Crippen molar-refractivity contribution in [2.45, 2.75) is 0 Å². The summed E-state index contributed by atoms with van der Waals surface area (Å²) in [6, 6.07) is 6.41. The fourth-order valence-corrected chi connectivity index (χ4v) is 1.90. The van der Waals surface area contributed by atoms with E-state index in [1.165, 1.54) is 6.07 Å². The van der Waals surface area contributed by atoms with Gasteiger partial charge in [0.2, 0.25) is 0 Å². The largest absolute Gasteiger partial charge is 0.268 e. The highest BCUT2D eigenvalue weighted by molar-refractivity contribution is 6.29. The molecule has 10 heteroatoms. The van der Waals surface area contributed by atoms with Gasteiger partial charge in [0.25, 0.3) is 5.56 Å². The zero-order valence-corrected chi connectivity index (χ0v) is 13.9. The van der Waals surface area contributed by atoms with E-state index in [2.05, 4.69) is 40.3 Å². The smallest absolute Gasteiger partial charge is 0.264 e. The van der Waals surface area contributed by atoms with E-state index in [0.29, 0.717) is 27.9 Å². The number of nitrogens with one attached hydrogen (secondary N) is 1. The molecular weight excluding hydrogens is 356 g/mol. The first-order chi connectivity index (χ1) is 12.7. The number of hydrogen-bond donors (Lipinski definition) is 1. The minimum atomic E-state index is -0.229. The Labute approximate surface area is 152 Å². The summed E-state index contributed by atoms with van der Waals surface area (Å²) in [7, 11) is 0. The van der Waals surface area contributed by atoms with Gasteiger partial charge in [-0.2, -0.15) is 5.10 Å². The Hall–Kier alpha value is -3.59. The van der Waals surface area contributed by atoms with Gasteiger partial charge >= 0.3 is 0 Å². The summed E-state index contributed by atoms with van der Waals surface area (Å²) in [6.07, 6.45) is 9.56. The average molecular weight is 367 g/mol. The van der Waals surface area contributed by atoms with Gasteiger partial charge in [0.15, 0.2) is 5.15 Å². The summed E-state index contributed by atoms with van der Waals surface area (Å²) in [4.78, 5) is 26.6. The van der Waals surface area contributed by atoms with E-state index in [1.54, 1.807) is 55.4 Å². The molecule has 9 nitrogen and oxygen atoms in total. The first-order valence-electron chi connectivity index (χ1n) is 7.30. The molecule has 128 valence electrons. The molecule has 0 bridgehead atoms. The maximum atomic E-state index is 10.7. The highest BCUT2D eigenvalue weighted by atomic mass is 35.5. The first-order valence-corrected chi connectivity index (χ1v) is 7.68. The molecule has 0 aromatic carbocycles. The van der Waals surface area contributed by atoms with Crippen molar-refractivity contribution in [2.24, 2.45) is 0 Å². The van der Waals surface area contributed by atoms with Crippen molar-refractivity contribution in [1.29, 1.82) is 0 Å². The summed E-state index contributed by atoms with van der Waals surface area (Å²) >= 11 is 5.59. The van der Waals surface area contributed by atoms with Crippen molar-refractivity contribution in [3.8, 4) is 22.8 Å². The summed E-state index contributed by atoms with van der Waals surface area (Å²) in [5.74, 6) is 0. The second-order valence-electron chi connectivity index (χ2n) is 4.73. The van der Waals surface area contributed by atoms with Gasteiger partial charge in [0.05, 0.1) is 12.4 Å². The summed E-state index contributed by atoms with van der Waals surface area (Å²) in [5.41, 5.74) is 2.36. The van der Waals surface area contributed by atoms with Gasteiger partial charge < -0.3 is 0 Å². The second kappa shape index (κ2) is 8.49. The predicted molar refractivity (Wildman–Crippen MR) is 94.0 cm³/mol. The van der Waals surface area contributed by atoms with E-state index in [4.69, 9.17) is 11.6 Å². The molecule has 0 amide bonds. The van der Waals surface area contributed by atoms with E-state index in [0.717, 1.165) is 0 Å². The van der Waals surface area contributed by atoms with Crippen LogP contribution >= 0.6 is 11.6 Å². The third-order valence-electron chi connectivity index (χ3n) is 2.96. The molecular formula is C16H11ClN8O. The molecule has 0 aliphatic heterocycles. The van der Waals surface area contributed by atoms with Crippen LogP contribution in [0, 0.1) is 0 Å².